The number of hydrogen-bond acceptors (Lipinski definition) is 5. The third kappa shape index (κ3) is 3.66. The Bertz CT molecular complexity index is 809. The van der Waals surface area contributed by atoms with Gasteiger partial charge in [0.05, 0.1) is 17.8 Å². The van der Waals surface area contributed by atoms with Gasteiger partial charge in [0, 0.05) is 17.7 Å². The molecule has 0 radical (unpaired) electrons. The van der Waals surface area contributed by atoms with Crippen LogP contribution in [0.15, 0.2) is 18.2 Å². The molecule has 3 rings (SSSR count). The van der Waals surface area contributed by atoms with Crippen molar-refractivity contribution >= 4 is 28.9 Å². The Kier molecular flexibility index (Phi) is 5.03. The Morgan fingerprint density at radius 2 is 2.04 bits per heavy atom. The van der Waals surface area contributed by atoms with Crippen LogP contribution in [-0.2, 0) is 0 Å². The van der Waals surface area contributed by atoms with Gasteiger partial charge in [-0.1, -0.05) is 12.8 Å². The van der Waals surface area contributed by atoms with E-state index < -0.39 is 5.97 Å². The number of aromatic nitrogens is 1. The molecule has 1 fully saturated rings. The number of aromatic carboxylic acids is 1. The molecule has 0 saturated heterocycles. The summed E-state index contributed by atoms with van der Waals surface area (Å²) in [6.07, 6.45) is 4.73. The summed E-state index contributed by atoms with van der Waals surface area (Å²) in [5.41, 5.74) is 1.28. The molecule has 0 spiro atoms. The molecule has 2 aromatic rings. The zero-order valence-electron chi connectivity index (χ0n) is 14.2. The number of thiazole rings is 1. The molecule has 1 heterocycles. The highest BCUT2D eigenvalue weighted by molar-refractivity contribution is 7.14. The van der Waals surface area contributed by atoms with Gasteiger partial charge in [0.1, 0.15) is 16.2 Å². The maximum absolute atomic E-state index is 12.6. The van der Waals surface area contributed by atoms with Crippen molar-refractivity contribution in [2.24, 2.45) is 0 Å². The van der Waals surface area contributed by atoms with Gasteiger partial charge in [0.2, 0.25) is 0 Å². The number of ether oxygens (including phenoxy) is 1. The molecule has 1 aromatic heterocycles. The van der Waals surface area contributed by atoms with Crippen molar-refractivity contribution in [2.75, 3.05) is 12.4 Å². The van der Waals surface area contributed by atoms with Gasteiger partial charge >= 0.3 is 5.97 Å². The molecule has 1 saturated carbocycles. The lowest BCUT2D eigenvalue weighted by molar-refractivity contribution is 0.0693. The third-order valence-electron chi connectivity index (χ3n) is 4.41. The van der Waals surface area contributed by atoms with Crippen molar-refractivity contribution in [3.8, 4) is 5.75 Å². The van der Waals surface area contributed by atoms with E-state index in [1.54, 1.807) is 6.07 Å². The fraction of sp³-hybridized carbons (Fsp3) is 0.389. The molecule has 7 heteroatoms. The number of amides is 1. The summed E-state index contributed by atoms with van der Waals surface area (Å²) in [7, 11) is 1.40. The lowest BCUT2D eigenvalue weighted by Gasteiger charge is -2.09. The quantitative estimate of drug-likeness (QED) is 0.839. The number of carboxylic acid groups (broad SMARTS) is 1. The standard InChI is InChI=1S/C18H20N2O4S/c1-10-15(25-17(19-10)11-5-3-4-6-11)16(21)20-12-7-8-13(18(22)23)14(9-12)24-2/h7-9,11H,3-6H2,1-2H3,(H,20,21)(H,22,23). The van der Waals surface area contributed by atoms with Crippen LogP contribution in [0.2, 0.25) is 0 Å². The first kappa shape index (κ1) is 17.4. The van der Waals surface area contributed by atoms with Crippen LogP contribution in [0.3, 0.4) is 0 Å². The molecule has 0 atom stereocenters. The molecular formula is C18H20N2O4S. The summed E-state index contributed by atoms with van der Waals surface area (Å²) < 4.78 is 5.09. The Labute approximate surface area is 149 Å². The van der Waals surface area contributed by atoms with Crippen LogP contribution in [0.4, 0.5) is 5.69 Å². The Hall–Kier alpha value is -2.41. The maximum Gasteiger partial charge on any atom is 0.339 e. The maximum atomic E-state index is 12.6. The molecule has 1 aliphatic carbocycles. The minimum absolute atomic E-state index is 0.0537. The third-order valence-corrected chi connectivity index (χ3v) is 5.73. The lowest BCUT2D eigenvalue weighted by Crippen LogP contribution is -2.12. The molecule has 6 nitrogen and oxygen atoms in total. The number of benzene rings is 1. The predicted molar refractivity (Wildman–Crippen MR) is 96.0 cm³/mol. The van der Waals surface area contributed by atoms with Crippen LogP contribution >= 0.6 is 11.3 Å². The summed E-state index contributed by atoms with van der Waals surface area (Å²) in [6.45, 7) is 1.85. The molecule has 132 valence electrons. The topological polar surface area (TPSA) is 88.5 Å². The van der Waals surface area contributed by atoms with E-state index in [9.17, 15) is 9.59 Å². The normalized spacial score (nSPS) is 14.5. The molecular weight excluding hydrogens is 340 g/mol. The van der Waals surface area contributed by atoms with Crippen LogP contribution in [0.25, 0.3) is 0 Å². The molecule has 1 aliphatic rings. The molecule has 1 aromatic carbocycles. The van der Waals surface area contributed by atoms with Crippen molar-refractivity contribution in [3.05, 3.63) is 39.3 Å². The number of nitrogens with zero attached hydrogens (tertiary/aromatic N) is 1. The number of carbonyl (C=O) groups excluding carboxylic acids is 1. The van der Waals surface area contributed by atoms with Gasteiger partial charge in [-0.05, 0) is 31.9 Å². The van der Waals surface area contributed by atoms with Crippen LogP contribution in [-0.4, -0.2) is 29.1 Å². The van der Waals surface area contributed by atoms with Crippen LogP contribution in [0, 0.1) is 6.92 Å². The molecule has 0 unspecified atom stereocenters. The lowest BCUT2D eigenvalue weighted by atomic mass is 10.1. The average Bonchev–Trinajstić information content (AvgIpc) is 3.23. The predicted octanol–water partition coefficient (Wildman–Crippen LogP) is 4.07. The summed E-state index contributed by atoms with van der Waals surface area (Å²) in [4.78, 5) is 28.9. The van der Waals surface area contributed by atoms with E-state index >= 15 is 0 Å². The first-order chi connectivity index (χ1) is 12.0. The summed E-state index contributed by atoms with van der Waals surface area (Å²) in [6, 6.07) is 4.48. The highest BCUT2D eigenvalue weighted by Crippen LogP contribution is 2.37. The highest BCUT2D eigenvalue weighted by atomic mass is 32.1. The van der Waals surface area contributed by atoms with Crippen molar-refractivity contribution in [1.29, 1.82) is 0 Å². The second-order valence-electron chi connectivity index (χ2n) is 6.12. The number of carbonyl (C=O) groups is 2. The van der Waals surface area contributed by atoms with Gasteiger partial charge in [0.15, 0.2) is 0 Å². The number of nitrogens with one attached hydrogen (secondary N) is 1. The average molecular weight is 360 g/mol. The second kappa shape index (κ2) is 7.23. The van der Waals surface area contributed by atoms with Crippen molar-refractivity contribution in [2.45, 2.75) is 38.5 Å². The molecule has 0 bridgehead atoms. The zero-order valence-corrected chi connectivity index (χ0v) is 15.0. The Morgan fingerprint density at radius 3 is 2.68 bits per heavy atom. The fourth-order valence-electron chi connectivity index (χ4n) is 3.11. The number of hydrogen-bond donors (Lipinski definition) is 2. The minimum atomic E-state index is -1.07. The van der Waals surface area contributed by atoms with E-state index in [0.717, 1.165) is 23.5 Å². The summed E-state index contributed by atoms with van der Waals surface area (Å²) in [5.74, 6) is -0.628. The molecule has 2 N–H and O–H groups in total. The Balaban J connectivity index is 1.79. The number of aryl methyl sites for hydroxylation is 1. The van der Waals surface area contributed by atoms with Crippen molar-refractivity contribution in [3.63, 3.8) is 0 Å². The van der Waals surface area contributed by atoms with Gasteiger partial charge in [-0.2, -0.15) is 0 Å². The van der Waals surface area contributed by atoms with E-state index in [1.165, 1.54) is 43.4 Å². The van der Waals surface area contributed by atoms with Gasteiger partial charge in [-0.25, -0.2) is 9.78 Å². The van der Waals surface area contributed by atoms with Crippen LogP contribution < -0.4 is 10.1 Å². The minimum Gasteiger partial charge on any atom is -0.496 e. The van der Waals surface area contributed by atoms with Gasteiger partial charge in [-0.3, -0.25) is 4.79 Å². The number of anilines is 1. The SMILES string of the molecule is COc1cc(NC(=O)c2sc(C3CCCC3)nc2C)ccc1C(=O)O. The zero-order chi connectivity index (χ0) is 18.0. The first-order valence-corrected chi connectivity index (χ1v) is 9.01. The van der Waals surface area contributed by atoms with E-state index in [1.807, 2.05) is 6.92 Å². The van der Waals surface area contributed by atoms with E-state index in [4.69, 9.17) is 9.84 Å². The molecule has 1 amide bonds. The van der Waals surface area contributed by atoms with E-state index in [2.05, 4.69) is 10.3 Å². The van der Waals surface area contributed by atoms with Gasteiger partial charge < -0.3 is 15.2 Å². The Morgan fingerprint density at radius 1 is 1.32 bits per heavy atom. The monoisotopic (exact) mass is 360 g/mol. The van der Waals surface area contributed by atoms with Crippen molar-refractivity contribution < 1.29 is 19.4 Å². The van der Waals surface area contributed by atoms with Crippen LogP contribution in [0.1, 0.15) is 62.3 Å². The summed E-state index contributed by atoms with van der Waals surface area (Å²) in [5, 5.41) is 13.0. The number of rotatable bonds is 5. The summed E-state index contributed by atoms with van der Waals surface area (Å²) >= 11 is 1.45. The molecule has 25 heavy (non-hydrogen) atoms. The largest absolute Gasteiger partial charge is 0.496 e. The second-order valence-corrected chi connectivity index (χ2v) is 7.15. The van der Waals surface area contributed by atoms with E-state index in [0.29, 0.717) is 16.5 Å². The smallest absolute Gasteiger partial charge is 0.339 e. The molecule has 0 aliphatic heterocycles. The number of carboxylic acids is 1. The van der Waals surface area contributed by atoms with Crippen LogP contribution in [0.5, 0.6) is 5.75 Å². The highest BCUT2D eigenvalue weighted by Gasteiger charge is 2.24. The number of methoxy groups -OCH3 is 1. The van der Waals surface area contributed by atoms with Gasteiger partial charge in [-0.15, -0.1) is 11.3 Å². The van der Waals surface area contributed by atoms with Crippen molar-refractivity contribution in [1.82, 2.24) is 4.98 Å². The van der Waals surface area contributed by atoms with E-state index in [-0.39, 0.29) is 17.2 Å². The fourth-order valence-corrected chi connectivity index (χ4v) is 4.24. The first-order valence-electron chi connectivity index (χ1n) is 8.19. The van der Waals surface area contributed by atoms with Gasteiger partial charge in [0.25, 0.3) is 5.91 Å².